The Labute approximate surface area is 232 Å². The van der Waals surface area contributed by atoms with E-state index in [0.717, 1.165) is 30.8 Å². The van der Waals surface area contributed by atoms with Crippen molar-refractivity contribution in [1.82, 2.24) is 9.97 Å². The van der Waals surface area contributed by atoms with Crippen molar-refractivity contribution in [2.75, 3.05) is 64.6 Å². The lowest BCUT2D eigenvalue weighted by Crippen LogP contribution is -2.36. The lowest BCUT2D eigenvalue weighted by molar-refractivity contribution is 0.102. The summed E-state index contributed by atoms with van der Waals surface area (Å²) in [6.07, 6.45) is 8.22. The predicted molar refractivity (Wildman–Crippen MR) is 152 cm³/mol. The molecule has 3 N–H and O–H groups in total. The Morgan fingerprint density at radius 3 is 2.46 bits per heavy atom. The van der Waals surface area contributed by atoms with Crippen LogP contribution in [-0.4, -0.2) is 79.9 Å². The number of sulfonamides is 1. The molecule has 2 aromatic heterocycles. The molecule has 1 spiro atoms. The van der Waals surface area contributed by atoms with Crippen molar-refractivity contribution >= 4 is 50.8 Å². The highest BCUT2D eigenvalue weighted by Crippen LogP contribution is 2.54. The fraction of sp³-hybridized carbons (Fsp3) is 0.577. The number of carbonyl (C=O) groups is 1. The average molecular weight is 579 g/mol. The largest absolute Gasteiger partial charge is 0.395 e. The fourth-order valence-electron chi connectivity index (χ4n) is 5.35. The van der Waals surface area contributed by atoms with E-state index in [-0.39, 0.29) is 12.4 Å². The quantitative estimate of drug-likeness (QED) is 0.383. The number of hydrogen-bond acceptors (Lipinski definition) is 9. The molecule has 39 heavy (non-hydrogen) atoms. The first-order valence-corrected chi connectivity index (χ1v) is 16.1. The highest BCUT2D eigenvalue weighted by Gasteiger charge is 2.44. The van der Waals surface area contributed by atoms with E-state index >= 15 is 0 Å². The molecule has 13 heteroatoms. The van der Waals surface area contributed by atoms with Crippen LogP contribution in [-0.2, 0) is 10.0 Å². The van der Waals surface area contributed by atoms with Gasteiger partial charge in [-0.15, -0.1) is 11.8 Å². The molecule has 4 heterocycles. The molecule has 0 radical (unpaired) electrons. The molecule has 1 atom stereocenters. The Bertz CT molecular complexity index is 1340. The van der Waals surface area contributed by atoms with Crippen LogP contribution in [0.25, 0.3) is 0 Å². The third-order valence-electron chi connectivity index (χ3n) is 7.89. The number of pyridine rings is 2. The topological polar surface area (TPSA) is 128 Å². The first kappa shape index (κ1) is 27.9. The summed E-state index contributed by atoms with van der Waals surface area (Å²) in [5.74, 6) is 0.210. The molecule has 3 fully saturated rings. The number of amides is 1. The summed E-state index contributed by atoms with van der Waals surface area (Å²) < 4.78 is 41.4. The number of carbonyl (C=O) groups excluding carboxylic acids is 1. The van der Waals surface area contributed by atoms with Crippen molar-refractivity contribution in [3.8, 4) is 0 Å². The SMILES string of the molecule is CSc1ccc(NC(=O)c2cnc(NS(=O)(=O)CCO)cc2N2CCC3(CC2)CC3)nc1N1CCC(C)(F)C1. The number of thioether (sulfide) groups is 1. The number of hydrogen-bond donors (Lipinski definition) is 3. The van der Waals surface area contributed by atoms with E-state index in [4.69, 9.17) is 5.11 Å². The van der Waals surface area contributed by atoms with Crippen LogP contribution in [0.1, 0.15) is 49.4 Å². The normalized spacial score (nSPS) is 22.3. The number of aliphatic hydroxyl groups is 1. The molecule has 1 unspecified atom stereocenters. The van der Waals surface area contributed by atoms with Gasteiger partial charge in [0.05, 0.1) is 30.2 Å². The summed E-state index contributed by atoms with van der Waals surface area (Å²) in [5, 5.41) is 11.9. The molecule has 1 amide bonds. The van der Waals surface area contributed by atoms with Gasteiger partial charge in [-0.1, -0.05) is 0 Å². The van der Waals surface area contributed by atoms with Crippen LogP contribution in [0, 0.1) is 5.41 Å². The predicted octanol–water partition coefficient (Wildman–Crippen LogP) is 3.50. The van der Waals surface area contributed by atoms with Gasteiger partial charge in [-0.05, 0) is 56.4 Å². The van der Waals surface area contributed by atoms with Gasteiger partial charge in [0.1, 0.15) is 23.1 Å². The zero-order valence-electron chi connectivity index (χ0n) is 22.2. The summed E-state index contributed by atoms with van der Waals surface area (Å²) in [6, 6.07) is 5.17. The number of nitrogens with zero attached hydrogens (tertiary/aromatic N) is 4. The maximum Gasteiger partial charge on any atom is 0.260 e. The van der Waals surface area contributed by atoms with E-state index in [9.17, 15) is 17.6 Å². The van der Waals surface area contributed by atoms with Gasteiger partial charge in [0, 0.05) is 43.2 Å². The molecule has 2 saturated heterocycles. The minimum absolute atomic E-state index is 0.0924. The summed E-state index contributed by atoms with van der Waals surface area (Å²) in [5.41, 5.74) is 0.0304. The van der Waals surface area contributed by atoms with Crippen molar-refractivity contribution in [2.45, 2.75) is 49.6 Å². The number of aliphatic hydroxyl groups excluding tert-OH is 1. The molecule has 212 valence electrons. The zero-order chi connectivity index (χ0) is 27.8. The van der Waals surface area contributed by atoms with Gasteiger partial charge in [0.25, 0.3) is 5.91 Å². The molecule has 2 aliphatic heterocycles. The van der Waals surface area contributed by atoms with Crippen LogP contribution in [0.4, 0.5) is 27.5 Å². The maximum absolute atomic E-state index is 14.6. The Balaban J connectivity index is 1.41. The van der Waals surface area contributed by atoms with Crippen molar-refractivity contribution in [1.29, 1.82) is 0 Å². The number of halogens is 1. The summed E-state index contributed by atoms with van der Waals surface area (Å²) in [7, 11) is -3.78. The van der Waals surface area contributed by atoms with Crippen LogP contribution in [0.2, 0.25) is 0 Å². The molecule has 0 aromatic carbocycles. The highest BCUT2D eigenvalue weighted by molar-refractivity contribution is 7.98. The molecule has 0 bridgehead atoms. The Hall–Kier alpha value is -2.64. The van der Waals surface area contributed by atoms with E-state index in [1.165, 1.54) is 30.8 Å². The first-order chi connectivity index (χ1) is 18.5. The van der Waals surface area contributed by atoms with Gasteiger partial charge in [-0.25, -0.2) is 22.8 Å². The summed E-state index contributed by atoms with van der Waals surface area (Å²) in [4.78, 5) is 27.3. The molecule has 10 nitrogen and oxygen atoms in total. The zero-order valence-corrected chi connectivity index (χ0v) is 23.9. The van der Waals surface area contributed by atoms with Gasteiger partial charge < -0.3 is 20.2 Å². The summed E-state index contributed by atoms with van der Waals surface area (Å²) >= 11 is 1.51. The number of piperidine rings is 1. The molecule has 1 saturated carbocycles. The smallest absolute Gasteiger partial charge is 0.260 e. The van der Waals surface area contributed by atoms with Crippen LogP contribution >= 0.6 is 11.8 Å². The van der Waals surface area contributed by atoms with Gasteiger partial charge in [0.15, 0.2) is 0 Å². The van der Waals surface area contributed by atoms with E-state index in [1.807, 2.05) is 17.2 Å². The number of anilines is 4. The number of aromatic nitrogens is 2. The number of alkyl halides is 1. The Kier molecular flexibility index (Phi) is 7.68. The molecular formula is C26H35FN6O4S2. The molecule has 5 rings (SSSR count). The molecule has 3 aliphatic rings. The minimum atomic E-state index is -3.78. The standard InChI is InChI=1S/C26H35FN6O4S2/c1-25(27)7-10-33(17-25)23-20(38-2)3-4-21(29-23)30-24(35)18-16-28-22(31-39(36,37)14-13-34)15-19(18)32-11-8-26(5-6-26)9-12-32/h3-4,15-16,34H,5-14,17H2,1-2H3,(H,28,31)(H,29,30,35). The lowest BCUT2D eigenvalue weighted by atomic mass is 9.93. The monoisotopic (exact) mass is 578 g/mol. The first-order valence-electron chi connectivity index (χ1n) is 13.2. The molecule has 1 aliphatic carbocycles. The third kappa shape index (κ3) is 6.41. The third-order valence-corrected chi connectivity index (χ3v) is 9.89. The van der Waals surface area contributed by atoms with Gasteiger partial charge in [0.2, 0.25) is 10.0 Å². The second kappa shape index (κ2) is 10.7. The molecule has 2 aromatic rings. The minimum Gasteiger partial charge on any atom is -0.395 e. The Morgan fingerprint density at radius 2 is 1.85 bits per heavy atom. The van der Waals surface area contributed by atoms with Crippen molar-refractivity contribution < 1.29 is 22.7 Å². The maximum atomic E-state index is 14.6. The van der Waals surface area contributed by atoms with Crippen LogP contribution in [0.15, 0.2) is 29.3 Å². The van der Waals surface area contributed by atoms with E-state index in [1.54, 1.807) is 19.1 Å². The van der Waals surface area contributed by atoms with Crippen molar-refractivity contribution in [3.63, 3.8) is 0 Å². The average Bonchev–Trinajstić information content (AvgIpc) is 3.54. The number of nitrogens with one attached hydrogen (secondary N) is 2. The van der Waals surface area contributed by atoms with Crippen LogP contribution < -0.4 is 19.8 Å². The van der Waals surface area contributed by atoms with E-state index < -0.39 is 34.0 Å². The highest BCUT2D eigenvalue weighted by atomic mass is 32.2. The van der Waals surface area contributed by atoms with Crippen molar-refractivity contribution in [2.24, 2.45) is 5.41 Å². The van der Waals surface area contributed by atoms with Gasteiger partial charge in [-0.2, -0.15) is 0 Å². The van der Waals surface area contributed by atoms with Gasteiger partial charge >= 0.3 is 0 Å². The fourth-order valence-corrected chi connectivity index (χ4v) is 6.68. The lowest BCUT2D eigenvalue weighted by Gasteiger charge is -2.35. The van der Waals surface area contributed by atoms with E-state index in [0.29, 0.717) is 41.3 Å². The molecular weight excluding hydrogens is 543 g/mol. The van der Waals surface area contributed by atoms with Crippen LogP contribution in [0.3, 0.4) is 0 Å². The van der Waals surface area contributed by atoms with Crippen LogP contribution in [0.5, 0.6) is 0 Å². The van der Waals surface area contributed by atoms with Gasteiger partial charge in [-0.3, -0.25) is 9.52 Å². The van der Waals surface area contributed by atoms with Crippen molar-refractivity contribution in [3.05, 3.63) is 30.0 Å². The Morgan fingerprint density at radius 1 is 1.13 bits per heavy atom. The number of rotatable bonds is 9. The second-order valence-electron chi connectivity index (χ2n) is 11.0. The summed E-state index contributed by atoms with van der Waals surface area (Å²) in [6.45, 7) is 3.38. The van der Waals surface area contributed by atoms with E-state index in [2.05, 4.69) is 24.9 Å². The second-order valence-corrected chi connectivity index (χ2v) is 13.7.